The molecule has 0 aliphatic heterocycles. The molecule has 0 saturated heterocycles. The zero-order chi connectivity index (χ0) is 16.2. The summed E-state index contributed by atoms with van der Waals surface area (Å²) in [5.74, 6) is 0.131. The van der Waals surface area contributed by atoms with E-state index in [1.165, 1.54) is 12.4 Å². The van der Waals surface area contributed by atoms with Crippen molar-refractivity contribution in [1.29, 1.82) is 0 Å². The van der Waals surface area contributed by atoms with Crippen LogP contribution in [0.1, 0.15) is 36.2 Å². The molecule has 2 aromatic heterocycles. The van der Waals surface area contributed by atoms with E-state index >= 15 is 0 Å². The van der Waals surface area contributed by atoms with E-state index in [-0.39, 0.29) is 11.9 Å². The normalized spacial score (nSPS) is 21.1. The average molecular weight is 332 g/mol. The minimum absolute atomic E-state index is 0.183. The molecule has 0 atom stereocenters. The fourth-order valence-corrected chi connectivity index (χ4v) is 3.81. The van der Waals surface area contributed by atoms with Crippen LogP contribution in [0.3, 0.4) is 0 Å². The third-order valence-corrected chi connectivity index (χ3v) is 5.37. The molecule has 0 aromatic carbocycles. The van der Waals surface area contributed by atoms with Crippen molar-refractivity contribution in [3.8, 4) is 0 Å². The molecule has 1 fully saturated rings. The maximum Gasteiger partial charge on any atom is 0.271 e. The third kappa shape index (κ3) is 4.01. The summed E-state index contributed by atoms with van der Waals surface area (Å²) in [6.07, 6.45) is 10.7. The third-order valence-electron chi connectivity index (χ3n) is 3.96. The molecule has 2 heterocycles. The molecule has 1 aliphatic rings. The lowest BCUT2D eigenvalue weighted by Gasteiger charge is -2.28. The summed E-state index contributed by atoms with van der Waals surface area (Å²) < 4.78 is 2.04. The maximum atomic E-state index is 12.1. The number of aryl methyl sites for hydroxylation is 1. The van der Waals surface area contributed by atoms with Gasteiger partial charge in [0.05, 0.1) is 12.4 Å². The highest BCUT2D eigenvalue weighted by atomic mass is 32.2. The molecule has 0 radical (unpaired) electrons. The van der Waals surface area contributed by atoms with Crippen LogP contribution >= 0.6 is 11.8 Å². The monoisotopic (exact) mass is 332 g/mol. The first-order valence-corrected chi connectivity index (χ1v) is 8.52. The highest BCUT2D eigenvalue weighted by molar-refractivity contribution is 7.99. The van der Waals surface area contributed by atoms with Gasteiger partial charge in [-0.1, -0.05) is 11.8 Å². The summed E-state index contributed by atoms with van der Waals surface area (Å²) >= 11 is 1.82. The van der Waals surface area contributed by atoms with E-state index in [1.54, 1.807) is 0 Å². The van der Waals surface area contributed by atoms with E-state index in [4.69, 9.17) is 5.73 Å². The van der Waals surface area contributed by atoms with Crippen LogP contribution in [0.4, 0.5) is 5.82 Å². The molecule has 3 rings (SSSR count). The smallest absolute Gasteiger partial charge is 0.271 e. The van der Waals surface area contributed by atoms with Crippen LogP contribution in [-0.2, 0) is 7.05 Å². The molecule has 0 bridgehead atoms. The number of carbonyl (C=O) groups excluding carboxylic acids is 1. The number of nitrogens with one attached hydrogen (secondary N) is 1. The number of nitrogens with two attached hydrogens (primary N) is 1. The Morgan fingerprint density at radius 3 is 2.65 bits per heavy atom. The summed E-state index contributed by atoms with van der Waals surface area (Å²) in [4.78, 5) is 24.4. The van der Waals surface area contributed by atoms with Crippen molar-refractivity contribution in [2.24, 2.45) is 7.05 Å². The molecular weight excluding hydrogens is 312 g/mol. The molecule has 1 saturated carbocycles. The van der Waals surface area contributed by atoms with Crippen LogP contribution in [0.25, 0.3) is 0 Å². The molecule has 7 nitrogen and oxygen atoms in total. The number of nitrogens with zero attached hydrogens (tertiary/aromatic N) is 4. The topological polar surface area (TPSA) is 98.7 Å². The summed E-state index contributed by atoms with van der Waals surface area (Å²) in [6, 6.07) is 0.195. The van der Waals surface area contributed by atoms with Crippen LogP contribution in [-0.4, -0.2) is 36.7 Å². The number of anilines is 1. The molecule has 0 unspecified atom stereocenters. The van der Waals surface area contributed by atoms with Gasteiger partial charge in [-0.25, -0.2) is 15.0 Å². The van der Waals surface area contributed by atoms with Crippen molar-refractivity contribution >= 4 is 23.5 Å². The molecule has 1 aliphatic carbocycles. The minimum Gasteiger partial charge on any atom is -0.382 e. The van der Waals surface area contributed by atoms with Gasteiger partial charge in [-0.2, -0.15) is 0 Å². The fraction of sp³-hybridized carbons (Fsp3) is 0.467. The average Bonchev–Trinajstić information content (AvgIpc) is 2.95. The fourth-order valence-electron chi connectivity index (χ4n) is 2.65. The lowest BCUT2D eigenvalue weighted by Crippen LogP contribution is -2.38. The molecule has 8 heteroatoms. The van der Waals surface area contributed by atoms with E-state index in [0.29, 0.717) is 16.8 Å². The molecule has 23 heavy (non-hydrogen) atoms. The number of aromatic nitrogens is 4. The molecular formula is C15H20N6OS. The maximum absolute atomic E-state index is 12.1. The SMILES string of the molecule is Cn1ccnc1SC1CCC(NC(=O)c2cnc(N)cn2)CC1. The Labute approximate surface area is 139 Å². The van der Waals surface area contributed by atoms with Crippen LogP contribution in [0, 0.1) is 0 Å². The number of hydrogen-bond donors (Lipinski definition) is 2. The Bertz CT molecular complexity index is 663. The van der Waals surface area contributed by atoms with Gasteiger partial charge in [0.15, 0.2) is 5.16 Å². The first-order chi connectivity index (χ1) is 11.1. The Hall–Kier alpha value is -2.09. The van der Waals surface area contributed by atoms with E-state index in [2.05, 4.69) is 20.3 Å². The van der Waals surface area contributed by atoms with Crippen molar-refractivity contribution in [2.75, 3.05) is 5.73 Å². The zero-order valence-corrected chi connectivity index (χ0v) is 13.8. The van der Waals surface area contributed by atoms with Gasteiger partial charge in [0.1, 0.15) is 11.5 Å². The predicted octanol–water partition coefficient (Wildman–Crippen LogP) is 1.63. The molecule has 1 amide bonds. The van der Waals surface area contributed by atoms with E-state index in [1.807, 2.05) is 35.8 Å². The van der Waals surface area contributed by atoms with E-state index in [0.717, 1.165) is 30.8 Å². The van der Waals surface area contributed by atoms with Gasteiger partial charge in [-0.05, 0) is 25.7 Å². The van der Waals surface area contributed by atoms with Gasteiger partial charge in [0, 0.05) is 30.7 Å². The van der Waals surface area contributed by atoms with Crippen LogP contribution < -0.4 is 11.1 Å². The van der Waals surface area contributed by atoms with Crippen molar-refractivity contribution in [3.05, 3.63) is 30.5 Å². The Kier molecular flexibility index (Phi) is 4.80. The number of amides is 1. The van der Waals surface area contributed by atoms with E-state index < -0.39 is 0 Å². The van der Waals surface area contributed by atoms with Gasteiger partial charge in [0.25, 0.3) is 5.91 Å². The number of thioether (sulfide) groups is 1. The van der Waals surface area contributed by atoms with Gasteiger partial charge >= 0.3 is 0 Å². The Morgan fingerprint density at radius 2 is 2.04 bits per heavy atom. The molecule has 0 spiro atoms. The Balaban J connectivity index is 1.48. The number of imidazole rings is 1. The number of hydrogen-bond acceptors (Lipinski definition) is 6. The zero-order valence-electron chi connectivity index (χ0n) is 13.0. The number of carbonyl (C=O) groups is 1. The second-order valence-electron chi connectivity index (χ2n) is 5.71. The second-order valence-corrected chi connectivity index (χ2v) is 6.98. The van der Waals surface area contributed by atoms with Crippen LogP contribution in [0.5, 0.6) is 0 Å². The number of rotatable bonds is 4. The van der Waals surface area contributed by atoms with E-state index in [9.17, 15) is 4.79 Å². The highest BCUT2D eigenvalue weighted by Crippen LogP contribution is 2.32. The minimum atomic E-state index is -0.183. The number of nitrogen functional groups attached to an aromatic ring is 1. The van der Waals surface area contributed by atoms with Crippen LogP contribution in [0.2, 0.25) is 0 Å². The van der Waals surface area contributed by atoms with Crippen LogP contribution in [0.15, 0.2) is 29.9 Å². The molecule has 122 valence electrons. The summed E-state index contributed by atoms with van der Waals surface area (Å²) in [5.41, 5.74) is 5.79. The highest BCUT2D eigenvalue weighted by Gasteiger charge is 2.24. The summed E-state index contributed by atoms with van der Waals surface area (Å²) in [5, 5.41) is 4.64. The van der Waals surface area contributed by atoms with Crippen molar-refractivity contribution in [1.82, 2.24) is 24.8 Å². The quantitative estimate of drug-likeness (QED) is 0.883. The van der Waals surface area contributed by atoms with Crippen molar-refractivity contribution in [2.45, 2.75) is 42.1 Å². The molecule has 2 aromatic rings. The standard InChI is InChI=1S/C15H20N6OS/c1-21-7-6-17-15(21)23-11-4-2-10(3-5-11)20-14(22)12-8-19-13(16)9-18-12/h6-11H,2-5H2,1H3,(H2,16,19)(H,20,22). The predicted molar refractivity (Wildman–Crippen MR) is 89.0 cm³/mol. The summed E-state index contributed by atoms with van der Waals surface area (Å²) in [6.45, 7) is 0. The molecule has 3 N–H and O–H groups in total. The first kappa shape index (κ1) is 15.8. The Morgan fingerprint density at radius 1 is 1.26 bits per heavy atom. The lowest BCUT2D eigenvalue weighted by molar-refractivity contribution is 0.0922. The largest absolute Gasteiger partial charge is 0.382 e. The van der Waals surface area contributed by atoms with Gasteiger partial charge in [-0.15, -0.1) is 0 Å². The van der Waals surface area contributed by atoms with Gasteiger partial charge < -0.3 is 15.6 Å². The van der Waals surface area contributed by atoms with Crippen molar-refractivity contribution < 1.29 is 4.79 Å². The summed E-state index contributed by atoms with van der Waals surface area (Å²) in [7, 11) is 2.01. The lowest BCUT2D eigenvalue weighted by atomic mass is 9.95. The second kappa shape index (κ2) is 6.99. The van der Waals surface area contributed by atoms with Gasteiger partial charge in [-0.3, -0.25) is 4.79 Å². The van der Waals surface area contributed by atoms with Gasteiger partial charge in [0.2, 0.25) is 0 Å². The van der Waals surface area contributed by atoms with Crippen molar-refractivity contribution in [3.63, 3.8) is 0 Å². The first-order valence-electron chi connectivity index (χ1n) is 7.64.